The van der Waals surface area contributed by atoms with Crippen LogP contribution >= 0.6 is 23.5 Å². The summed E-state index contributed by atoms with van der Waals surface area (Å²) >= 11 is 1.92. The number of hydrogen-bond donors (Lipinski definition) is 10. The Kier molecular flexibility index (Phi) is 33.1. The lowest BCUT2D eigenvalue weighted by atomic mass is 10.0. The van der Waals surface area contributed by atoms with Gasteiger partial charge in [-0.15, -0.1) is 79.5 Å². The molecule has 0 spiro atoms. The second-order valence-electron chi connectivity index (χ2n) is 23.9. The number of methoxy groups -OCH3 is 1. The molecule has 0 aliphatic carbocycles. The van der Waals surface area contributed by atoms with E-state index in [0.29, 0.717) is 34.8 Å². The number of non-ortho nitro benzene ring substituents is 1. The third-order valence-electron chi connectivity index (χ3n) is 15.2. The molecule has 0 unspecified atom stereocenters. The number of imidazole rings is 1. The molecule has 0 saturated heterocycles. The van der Waals surface area contributed by atoms with E-state index in [2.05, 4.69) is 82.9 Å². The number of fused-ring (bicyclic) bond motifs is 3. The molecule has 0 saturated carbocycles. The summed E-state index contributed by atoms with van der Waals surface area (Å²) in [4.78, 5) is 27.1. The smallest absolute Gasteiger partial charge is 0.425 e. The third kappa shape index (κ3) is 29.7. The number of aryl methyl sites for hydroxylation is 2. The molecule has 636 valence electrons. The van der Waals surface area contributed by atoms with Gasteiger partial charge in [0.1, 0.15) is 50.8 Å². The molecule has 0 atom stereocenters. The number of thioether (sulfide) groups is 2. The predicted molar refractivity (Wildman–Crippen MR) is 425 cm³/mol. The summed E-state index contributed by atoms with van der Waals surface area (Å²) in [6.07, 6.45) is 0.0987. The number of rotatable bonds is 37. The Balaban J connectivity index is 0.00000233. The van der Waals surface area contributed by atoms with Crippen molar-refractivity contribution in [1.82, 2.24) is 24.3 Å². The van der Waals surface area contributed by atoms with E-state index in [1.54, 1.807) is 25.1 Å². The van der Waals surface area contributed by atoms with Crippen molar-refractivity contribution in [2.75, 3.05) is 70.7 Å². The van der Waals surface area contributed by atoms with Crippen LogP contribution in [0.25, 0.3) is 16.7 Å². The first-order valence-corrected chi connectivity index (χ1v) is 46.3. The maximum atomic E-state index is 12.4. The van der Waals surface area contributed by atoms with Crippen molar-refractivity contribution in [3.05, 3.63) is 129 Å². The minimum absolute atomic E-state index is 0.00200. The molecule has 0 fully saturated rings. The summed E-state index contributed by atoms with van der Waals surface area (Å²) in [5.74, 6) is -4.43. The number of hydrogen-bond acceptors (Lipinski definition) is 41. The number of anilines is 5. The van der Waals surface area contributed by atoms with Crippen molar-refractivity contribution >= 4 is 203 Å². The van der Waals surface area contributed by atoms with Gasteiger partial charge in [0, 0.05) is 51.9 Å². The number of nitro benzene ring substituents is 1. The molecule has 0 aliphatic rings. The summed E-state index contributed by atoms with van der Waals surface area (Å²) in [5.41, 5.74) is 0.0298. The molecule has 9 rings (SSSR count). The van der Waals surface area contributed by atoms with Crippen molar-refractivity contribution in [2.45, 2.75) is 72.5 Å². The summed E-state index contributed by atoms with van der Waals surface area (Å²) < 4.78 is 266. The second kappa shape index (κ2) is 41.4. The molecule has 0 radical (unpaired) electrons. The summed E-state index contributed by atoms with van der Waals surface area (Å²) in [6, 6.07) is 22.4. The zero-order valence-corrected chi connectivity index (χ0v) is 69.5. The highest BCUT2D eigenvalue weighted by Gasteiger charge is 2.26. The van der Waals surface area contributed by atoms with Gasteiger partial charge in [-0.1, -0.05) is 19.4 Å². The third-order valence-corrected chi connectivity index (χ3v) is 22.3. The Morgan fingerprint density at radius 1 is 0.580 bits per heavy atom. The largest absolute Gasteiger partial charge is 0.497 e. The Bertz CT molecular complexity index is 6530. The van der Waals surface area contributed by atoms with Gasteiger partial charge < -0.3 is 30.5 Å². The Morgan fingerprint density at radius 2 is 1.10 bits per heavy atom. The number of nitrogens with zero attached hydrogens (tertiary/aromatic N) is 15. The first-order chi connectivity index (χ1) is 55.6. The number of pyridine rings is 1. The van der Waals surface area contributed by atoms with Crippen LogP contribution in [-0.4, -0.2) is 192 Å². The number of nitro groups is 1. The molecular formula is C62H64N18O29S10. The normalized spacial score (nSPS) is 12.2. The van der Waals surface area contributed by atoms with Crippen LogP contribution in [0.5, 0.6) is 17.4 Å². The fourth-order valence-corrected chi connectivity index (χ4v) is 15.4. The van der Waals surface area contributed by atoms with E-state index in [0.717, 1.165) is 47.8 Å². The van der Waals surface area contributed by atoms with Crippen molar-refractivity contribution in [2.24, 2.45) is 40.9 Å². The van der Waals surface area contributed by atoms with E-state index in [9.17, 15) is 98.3 Å². The van der Waals surface area contributed by atoms with Gasteiger partial charge in [-0.3, -0.25) is 41.8 Å². The highest BCUT2D eigenvalue weighted by atomic mass is 32.2. The van der Waals surface area contributed by atoms with Crippen molar-refractivity contribution in [3.63, 3.8) is 0 Å². The SMILES string of the molecule is CCCc1c(N=Nc2cc(C)c(N=Nc3cc(Nc4nc(NCCS(=O)(=O)O)nc(Nc5cccc(S(=O)(=O)O)c5)n4)c(N=Nc4cc(C)c(N=Nc5ccc([N+](=O)[O-])cc5S(=O)(=O)O)cc4SCCCS(=O)(=O)O)cc3SCCCS(=O)(=O)O)cc2OCCCS(=O)(=O)O)c(O)n2c(nc3cc(OC)ccc32)c1C#N.O=S(=O)=O.O=S(=O)=O. The van der Waals surface area contributed by atoms with Crippen LogP contribution in [0, 0.1) is 35.3 Å². The van der Waals surface area contributed by atoms with E-state index in [1.165, 1.54) is 67.0 Å². The van der Waals surface area contributed by atoms with E-state index in [1.807, 2.05) is 6.92 Å². The molecule has 9 aromatic rings. The van der Waals surface area contributed by atoms with Crippen LogP contribution in [0.15, 0.2) is 158 Å². The van der Waals surface area contributed by atoms with E-state index in [-0.39, 0.29) is 139 Å². The maximum Gasteiger partial charge on any atom is 0.425 e. The van der Waals surface area contributed by atoms with Crippen LogP contribution in [0.4, 0.5) is 80.4 Å². The van der Waals surface area contributed by atoms with Gasteiger partial charge in [0.25, 0.3) is 66.4 Å². The lowest BCUT2D eigenvalue weighted by molar-refractivity contribution is -0.385. The number of benzene rings is 6. The highest BCUT2D eigenvalue weighted by molar-refractivity contribution is 7.99. The van der Waals surface area contributed by atoms with Crippen LogP contribution in [-0.2, 0) is 88.3 Å². The van der Waals surface area contributed by atoms with Crippen molar-refractivity contribution in [3.8, 4) is 23.4 Å². The van der Waals surface area contributed by atoms with Crippen molar-refractivity contribution in [1.29, 1.82) is 5.26 Å². The average molecular weight is 1850 g/mol. The zero-order chi connectivity index (χ0) is 88.1. The molecule has 3 heterocycles. The quantitative estimate of drug-likeness (QED) is 0.00432. The summed E-state index contributed by atoms with van der Waals surface area (Å²) in [6.45, 7) is 4.03. The Labute approximate surface area is 686 Å². The molecule has 0 amide bonds. The second-order valence-corrected chi connectivity index (χ2v) is 36.1. The number of nitrogens with one attached hydrogen (secondary N) is 3. The van der Waals surface area contributed by atoms with Gasteiger partial charge in [0.05, 0.1) is 80.3 Å². The Morgan fingerprint density at radius 3 is 1.66 bits per heavy atom. The van der Waals surface area contributed by atoms with Crippen molar-refractivity contribution < 1.29 is 123 Å². The zero-order valence-electron chi connectivity index (χ0n) is 61.3. The predicted octanol–water partition coefficient (Wildman–Crippen LogP) is 11.1. The first-order valence-electron chi connectivity index (χ1n) is 33.0. The molecule has 10 N–H and O–H groups in total. The molecule has 119 heavy (non-hydrogen) atoms. The summed E-state index contributed by atoms with van der Waals surface area (Å²) in [5, 5.41) is 78.0. The van der Waals surface area contributed by atoms with Crippen LogP contribution in [0.3, 0.4) is 0 Å². The molecule has 0 aliphatic heterocycles. The lowest BCUT2D eigenvalue weighted by Gasteiger charge is -2.15. The molecule has 57 heteroatoms. The molecule has 3 aromatic heterocycles. The van der Waals surface area contributed by atoms with Gasteiger partial charge in [-0.2, -0.15) is 80.9 Å². The minimum atomic E-state index is -5.14. The number of azo groups is 4. The van der Waals surface area contributed by atoms with Crippen LogP contribution in [0.1, 0.15) is 54.9 Å². The van der Waals surface area contributed by atoms with E-state index in [4.69, 9.17) is 34.7 Å². The number of ether oxygens (including phenoxy) is 2. The van der Waals surface area contributed by atoms with Crippen LogP contribution < -0.4 is 25.4 Å². The molecule has 0 bridgehead atoms. The molecular weight excluding hydrogens is 1780 g/mol. The molecule has 6 aromatic carbocycles. The average Bonchev–Trinajstić information content (AvgIpc) is 1.58. The fraction of sp³-hybridized carbons (Fsp3) is 0.274. The lowest BCUT2D eigenvalue weighted by Crippen LogP contribution is -2.17. The van der Waals surface area contributed by atoms with E-state index < -0.39 is 155 Å². The molecule has 47 nitrogen and oxygen atoms in total. The highest BCUT2D eigenvalue weighted by Crippen LogP contribution is 2.46. The van der Waals surface area contributed by atoms with Gasteiger partial charge in [-0.25, -0.2) is 4.98 Å². The van der Waals surface area contributed by atoms with Gasteiger partial charge >= 0.3 is 21.2 Å². The fourth-order valence-electron chi connectivity index (χ4n) is 10.1. The maximum absolute atomic E-state index is 12.4. The monoisotopic (exact) mass is 1840 g/mol. The summed E-state index contributed by atoms with van der Waals surface area (Å²) in [7, 11) is -32.8. The number of nitriles is 1. The van der Waals surface area contributed by atoms with E-state index >= 15 is 0 Å². The first kappa shape index (κ1) is 94.9. The standard InChI is InChI=1S/C62H64N18O23S8.2O3S/c1-5-10-41-42(34-63)58-66-48-29-39(102-4)14-16-52(48)79(58)59(81)57(41)78-75-49-25-35(2)44(31-53(49)103-18-7-21-106(84,85)86)72-77-51-30-46(67-62-69-60(64-17-24-109(93,94)95)68-61(70-62)65-37-11-6-12-40(27-37)110(96,97)98)47(33-55(51)105-20-9-23-108(90,91)92)74-76-50-26-36(3)45(32-54(50)104-19-8-22-107(87,88)89)73-71-43-15-13-38(80(82)83)28-56(43)111(99,100)101;2*1-4(2)3/h6,11-16,25-33,81H,5,7-10,17-24H2,1-4H3,(H,84,85,86)(H,87,88,89)(H,90,91,92)(H,93,94,95)(H,96,97,98)(H,99,100,101)(H3,64,65,67,68,69,70);;. The topological polar surface area (TPSA) is 725 Å². The van der Waals surface area contributed by atoms with Crippen LogP contribution in [0.2, 0.25) is 0 Å². The Hall–Kier alpha value is -11.2. The van der Waals surface area contributed by atoms with Gasteiger partial charge in [-0.05, 0) is 129 Å². The number of aromatic hydroxyl groups is 1. The van der Waals surface area contributed by atoms with Gasteiger partial charge in [0.2, 0.25) is 23.7 Å². The minimum Gasteiger partial charge on any atom is -0.497 e. The van der Waals surface area contributed by atoms with Gasteiger partial charge in [0.15, 0.2) is 11.3 Å². The number of aromatic nitrogens is 5.